The van der Waals surface area contributed by atoms with Crippen molar-refractivity contribution >= 4 is 26.7 Å². The molecule has 14 heavy (non-hydrogen) atoms. The first-order valence-electron chi connectivity index (χ1n) is 4.03. The van der Waals surface area contributed by atoms with Crippen molar-refractivity contribution in [2.24, 2.45) is 0 Å². The van der Waals surface area contributed by atoms with E-state index in [0.29, 0.717) is 10.9 Å². The molecule has 4 nitrogen and oxygen atoms in total. The van der Waals surface area contributed by atoms with Crippen LogP contribution in [0.3, 0.4) is 0 Å². The van der Waals surface area contributed by atoms with Crippen LogP contribution in [0.25, 0.3) is 10.2 Å². The van der Waals surface area contributed by atoms with Gasteiger partial charge in [0.2, 0.25) is 0 Å². The third-order valence-corrected chi connectivity index (χ3v) is 2.83. The van der Waals surface area contributed by atoms with Crippen molar-refractivity contribution < 1.29 is 9.47 Å². The van der Waals surface area contributed by atoms with E-state index in [1.807, 2.05) is 12.1 Å². The highest BCUT2D eigenvalue weighted by Gasteiger charge is 2.11. The molecule has 0 fully saturated rings. The van der Waals surface area contributed by atoms with Crippen LogP contribution < -0.4 is 15.2 Å². The number of ether oxygens (including phenoxy) is 2. The topological polar surface area (TPSA) is 57.4 Å². The van der Waals surface area contributed by atoms with Crippen LogP contribution in [0, 0.1) is 0 Å². The van der Waals surface area contributed by atoms with Crippen LogP contribution in [-0.2, 0) is 0 Å². The maximum Gasteiger partial charge on any atom is 0.181 e. The maximum absolute atomic E-state index is 5.63. The molecule has 5 heteroatoms. The molecular weight excluding hydrogens is 200 g/mol. The number of anilines is 1. The van der Waals surface area contributed by atoms with Crippen LogP contribution in [0.1, 0.15) is 0 Å². The third-order valence-electron chi connectivity index (χ3n) is 1.93. The van der Waals surface area contributed by atoms with Crippen LogP contribution in [-0.4, -0.2) is 19.2 Å². The molecule has 1 aromatic carbocycles. The van der Waals surface area contributed by atoms with Crippen LogP contribution in [0.5, 0.6) is 11.5 Å². The summed E-state index contributed by atoms with van der Waals surface area (Å²) in [6.45, 7) is 0. The van der Waals surface area contributed by atoms with Gasteiger partial charge in [0.15, 0.2) is 5.13 Å². The molecule has 0 aliphatic carbocycles. The monoisotopic (exact) mass is 210 g/mol. The summed E-state index contributed by atoms with van der Waals surface area (Å²) in [5.41, 5.74) is 6.39. The van der Waals surface area contributed by atoms with E-state index in [1.54, 1.807) is 14.2 Å². The van der Waals surface area contributed by atoms with E-state index in [-0.39, 0.29) is 0 Å². The minimum Gasteiger partial charge on any atom is -0.495 e. The second-order valence-corrected chi connectivity index (χ2v) is 3.73. The number of hydrogen-bond acceptors (Lipinski definition) is 5. The van der Waals surface area contributed by atoms with Crippen LogP contribution in [0.2, 0.25) is 0 Å². The first kappa shape index (κ1) is 9.08. The minimum absolute atomic E-state index is 0.516. The van der Waals surface area contributed by atoms with Gasteiger partial charge in [0.05, 0.1) is 14.2 Å². The normalized spacial score (nSPS) is 10.4. The molecule has 74 valence electrons. The maximum atomic E-state index is 5.63. The molecule has 0 saturated carbocycles. The average Bonchev–Trinajstić information content (AvgIpc) is 2.57. The molecule has 1 heterocycles. The van der Waals surface area contributed by atoms with E-state index < -0.39 is 0 Å². The molecule has 0 amide bonds. The molecule has 0 atom stereocenters. The molecular formula is C9H10N2O2S. The lowest BCUT2D eigenvalue weighted by atomic mass is 10.3. The predicted molar refractivity (Wildman–Crippen MR) is 57.1 cm³/mol. The summed E-state index contributed by atoms with van der Waals surface area (Å²) in [6, 6.07) is 3.67. The Morgan fingerprint density at radius 1 is 1.21 bits per heavy atom. The second-order valence-electron chi connectivity index (χ2n) is 2.70. The molecule has 1 aromatic heterocycles. The van der Waals surface area contributed by atoms with E-state index in [4.69, 9.17) is 15.2 Å². The number of methoxy groups -OCH3 is 2. The van der Waals surface area contributed by atoms with Crippen molar-refractivity contribution in [1.82, 2.24) is 4.98 Å². The number of benzene rings is 1. The van der Waals surface area contributed by atoms with E-state index in [2.05, 4.69) is 4.98 Å². The van der Waals surface area contributed by atoms with Gasteiger partial charge >= 0.3 is 0 Å². The van der Waals surface area contributed by atoms with Gasteiger partial charge < -0.3 is 15.2 Å². The zero-order valence-corrected chi connectivity index (χ0v) is 8.72. The Morgan fingerprint density at radius 3 is 2.50 bits per heavy atom. The Kier molecular flexibility index (Phi) is 2.17. The Bertz CT molecular complexity index is 426. The summed E-state index contributed by atoms with van der Waals surface area (Å²) in [4.78, 5) is 4.18. The number of hydrogen-bond donors (Lipinski definition) is 1. The van der Waals surface area contributed by atoms with Crippen molar-refractivity contribution in [3.63, 3.8) is 0 Å². The summed E-state index contributed by atoms with van der Waals surface area (Å²) in [6.07, 6.45) is 0. The fourth-order valence-corrected chi connectivity index (χ4v) is 2.14. The van der Waals surface area contributed by atoms with Gasteiger partial charge in [-0.2, -0.15) is 0 Å². The lowest BCUT2D eigenvalue weighted by Crippen LogP contribution is -1.87. The van der Waals surface area contributed by atoms with Crippen LogP contribution in [0.15, 0.2) is 12.1 Å². The number of rotatable bonds is 2. The summed E-state index contributed by atoms with van der Waals surface area (Å²) in [7, 11) is 3.23. The molecule has 2 rings (SSSR count). The van der Waals surface area contributed by atoms with Gasteiger partial charge in [0.25, 0.3) is 0 Å². The van der Waals surface area contributed by atoms with E-state index >= 15 is 0 Å². The minimum atomic E-state index is 0.516. The number of nitrogens with zero attached hydrogens (tertiary/aromatic N) is 1. The van der Waals surface area contributed by atoms with Gasteiger partial charge in [-0.1, -0.05) is 11.3 Å². The largest absolute Gasteiger partial charge is 0.495 e. The fourth-order valence-electron chi connectivity index (χ4n) is 1.30. The molecule has 0 spiro atoms. The summed E-state index contributed by atoms with van der Waals surface area (Å²) in [5, 5.41) is 0.516. The zero-order chi connectivity index (χ0) is 10.1. The smallest absolute Gasteiger partial charge is 0.181 e. The molecule has 0 bridgehead atoms. The molecule has 0 aliphatic heterocycles. The lowest BCUT2D eigenvalue weighted by molar-refractivity contribution is 0.410. The van der Waals surface area contributed by atoms with Crippen molar-refractivity contribution in [3.8, 4) is 11.5 Å². The SMILES string of the molecule is COc1ccc(OC)c2sc(N)nc12. The standard InChI is InChI=1S/C9H10N2O2S/c1-12-5-3-4-6(13-2)8-7(5)11-9(10)14-8/h3-4H,1-2H3,(H2,10,11). The zero-order valence-electron chi connectivity index (χ0n) is 7.90. The van der Waals surface area contributed by atoms with Gasteiger partial charge in [-0.3, -0.25) is 0 Å². The number of aromatic nitrogens is 1. The first-order chi connectivity index (χ1) is 6.76. The van der Waals surface area contributed by atoms with Gasteiger partial charge in [-0.25, -0.2) is 4.98 Å². The fraction of sp³-hybridized carbons (Fsp3) is 0.222. The molecule has 0 aliphatic rings. The van der Waals surface area contributed by atoms with E-state index in [0.717, 1.165) is 16.0 Å². The predicted octanol–water partition coefficient (Wildman–Crippen LogP) is 1.90. The third kappa shape index (κ3) is 1.26. The summed E-state index contributed by atoms with van der Waals surface area (Å²) < 4.78 is 11.3. The molecule has 0 unspecified atom stereocenters. The molecule has 0 radical (unpaired) electrons. The number of fused-ring (bicyclic) bond motifs is 1. The lowest BCUT2D eigenvalue weighted by Gasteiger charge is -2.03. The Morgan fingerprint density at radius 2 is 1.86 bits per heavy atom. The van der Waals surface area contributed by atoms with Crippen molar-refractivity contribution in [2.45, 2.75) is 0 Å². The number of nitrogens with two attached hydrogens (primary N) is 1. The summed E-state index contributed by atoms with van der Waals surface area (Å²) in [5.74, 6) is 1.49. The second kappa shape index (κ2) is 3.34. The summed E-state index contributed by atoms with van der Waals surface area (Å²) >= 11 is 1.39. The van der Waals surface area contributed by atoms with Crippen molar-refractivity contribution in [1.29, 1.82) is 0 Å². The Hall–Kier alpha value is -1.49. The van der Waals surface area contributed by atoms with Crippen LogP contribution in [0.4, 0.5) is 5.13 Å². The highest BCUT2D eigenvalue weighted by Crippen LogP contribution is 2.37. The van der Waals surface area contributed by atoms with Gasteiger partial charge in [0.1, 0.15) is 21.7 Å². The van der Waals surface area contributed by atoms with Gasteiger partial charge in [-0.05, 0) is 12.1 Å². The average molecular weight is 210 g/mol. The molecule has 0 saturated heterocycles. The number of nitrogen functional groups attached to an aromatic ring is 1. The quantitative estimate of drug-likeness (QED) is 0.822. The highest BCUT2D eigenvalue weighted by atomic mass is 32.1. The van der Waals surface area contributed by atoms with Crippen LogP contribution >= 0.6 is 11.3 Å². The van der Waals surface area contributed by atoms with Gasteiger partial charge in [0, 0.05) is 0 Å². The molecule has 2 aromatic rings. The highest BCUT2D eigenvalue weighted by molar-refractivity contribution is 7.22. The van der Waals surface area contributed by atoms with Crippen molar-refractivity contribution in [2.75, 3.05) is 20.0 Å². The Balaban J connectivity index is 2.77. The van der Waals surface area contributed by atoms with Crippen molar-refractivity contribution in [3.05, 3.63) is 12.1 Å². The molecule has 2 N–H and O–H groups in total. The van der Waals surface area contributed by atoms with E-state index in [9.17, 15) is 0 Å². The number of thiazole rings is 1. The Labute approximate surface area is 85.3 Å². The first-order valence-corrected chi connectivity index (χ1v) is 4.85. The van der Waals surface area contributed by atoms with E-state index in [1.165, 1.54) is 11.3 Å². The van der Waals surface area contributed by atoms with Gasteiger partial charge in [-0.15, -0.1) is 0 Å².